The van der Waals surface area contributed by atoms with E-state index in [4.69, 9.17) is 9.47 Å². The van der Waals surface area contributed by atoms with Gasteiger partial charge in [0.15, 0.2) is 6.04 Å². The molecular weight excluding hydrogens is 296 g/mol. The van der Waals surface area contributed by atoms with Gasteiger partial charge in [-0.25, -0.2) is 9.59 Å². The minimum absolute atomic E-state index is 0.0381. The smallest absolute Gasteiger partial charge is 0.330 e. The molecule has 0 aliphatic rings. The van der Waals surface area contributed by atoms with Gasteiger partial charge in [-0.05, 0) is 57.9 Å². The normalized spacial score (nSPS) is 12.4. The lowest BCUT2D eigenvalue weighted by Crippen LogP contribution is -2.47. The summed E-state index contributed by atoms with van der Waals surface area (Å²) in [5, 5.41) is 5.29. The molecule has 0 spiro atoms. The van der Waals surface area contributed by atoms with Crippen LogP contribution < -0.4 is 10.6 Å². The molecule has 0 heterocycles. The molecule has 0 aliphatic heterocycles. The average molecular weight is 322 g/mol. The van der Waals surface area contributed by atoms with E-state index in [0.29, 0.717) is 5.69 Å². The van der Waals surface area contributed by atoms with Gasteiger partial charge in [-0.15, -0.1) is 0 Å². The second kappa shape index (κ2) is 7.97. The van der Waals surface area contributed by atoms with E-state index in [0.717, 1.165) is 11.1 Å². The topological polar surface area (TPSA) is 76.7 Å². The first-order valence-corrected chi connectivity index (χ1v) is 7.48. The molecule has 2 N–H and O–H groups in total. The number of nitrogens with one attached hydrogen (secondary N) is 2. The Hall–Kier alpha value is -2.08. The second-order valence-electron chi connectivity index (χ2n) is 6.47. The Balaban J connectivity index is 2.70. The summed E-state index contributed by atoms with van der Waals surface area (Å²) in [4.78, 5) is 23.9. The highest BCUT2D eigenvalue weighted by Crippen LogP contribution is 2.13. The van der Waals surface area contributed by atoms with Crippen molar-refractivity contribution in [3.8, 4) is 0 Å². The fourth-order valence-electron chi connectivity index (χ4n) is 2.02. The fraction of sp³-hybridized carbons (Fsp3) is 0.529. The van der Waals surface area contributed by atoms with E-state index in [2.05, 4.69) is 10.6 Å². The number of anilines is 1. The minimum atomic E-state index is -0.870. The van der Waals surface area contributed by atoms with E-state index < -0.39 is 23.6 Å². The molecule has 0 saturated carbocycles. The summed E-state index contributed by atoms with van der Waals surface area (Å²) in [5.41, 5.74) is 2.33. The van der Waals surface area contributed by atoms with E-state index in [-0.39, 0.29) is 6.61 Å². The second-order valence-corrected chi connectivity index (χ2v) is 6.47. The van der Waals surface area contributed by atoms with Crippen LogP contribution in [0.25, 0.3) is 0 Å². The third-order valence-corrected chi connectivity index (χ3v) is 2.95. The first-order chi connectivity index (χ1) is 10.6. The number of benzene rings is 1. The Morgan fingerprint density at radius 1 is 1.13 bits per heavy atom. The summed E-state index contributed by atoms with van der Waals surface area (Å²) in [6, 6.07) is 4.36. The van der Waals surface area contributed by atoms with Gasteiger partial charge in [-0.1, -0.05) is 6.07 Å². The average Bonchev–Trinajstić information content (AvgIpc) is 2.40. The van der Waals surface area contributed by atoms with Gasteiger partial charge in [-0.3, -0.25) is 0 Å². The molecule has 0 bridgehead atoms. The molecule has 0 fully saturated rings. The molecule has 128 valence electrons. The molecule has 1 atom stereocenters. The zero-order chi connectivity index (χ0) is 17.6. The maximum Gasteiger partial charge on any atom is 0.330 e. The number of carbonyl (C=O) groups excluding carboxylic acids is 2. The van der Waals surface area contributed by atoms with E-state index in [1.807, 2.05) is 52.8 Å². The lowest BCUT2D eigenvalue weighted by Gasteiger charge is -2.24. The summed E-state index contributed by atoms with van der Waals surface area (Å²) < 4.78 is 10.3. The van der Waals surface area contributed by atoms with Gasteiger partial charge in [0, 0.05) is 5.69 Å². The van der Waals surface area contributed by atoms with Crippen molar-refractivity contribution < 1.29 is 19.1 Å². The van der Waals surface area contributed by atoms with Gasteiger partial charge in [0.1, 0.15) is 0 Å². The predicted molar refractivity (Wildman–Crippen MR) is 89.6 cm³/mol. The Labute approximate surface area is 137 Å². The Kier molecular flexibility index (Phi) is 6.57. The van der Waals surface area contributed by atoms with Crippen LogP contribution in [0.5, 0.6) is 0 Å². The summed E-state index contributed by atoms with van der Waals surface area (Å²) >= 11 is 0. The van der Waals surface area contributed by atoms with Crippen molar-refractivity contribution in [1.82, 2.24) is 5.32 Å². The van der Waals surface area contributed by atoms with E-state index in [9.17, 15) is 9.59 Å². The number of amides is 2. The molecule has 0 radical (unpaired) electrons. The molecule has 23 heavy (non-hydrogen) atoms. The number of esters is 1. The van der Waals surface area contributed by atoms with E-state index in [1.165, 1.54) is 7.11 Å². The van der Waals surface area contributed by atoms with Crippen molar-refractivity contribution in [2.75, 3.05) is 19.0 Å². The highest BCUT2D eigenvalue weighted by atomic mass is 16.5. The third kappa shape index (κ3) is 7.15. The van der Waals surface area contributed by atoms with Crippen molar-refractivity contribution in [1.29, 1.82) is 0 Å². The molecular formula is C17H26N2O4. The first-order valence-electron chi connectivity index (χ1n) is 7.48. The first kappa shape index (κ1) is 19.0. The van der Waals surface area contributed by atoms with Crippen LogP contribution in [-0.4, -0.2) is 37.4 Å². The number of methoxy groups -OCH3 is 1. The number of rotatable bonds is 5. The highest BCUT2D eigenvalue weighted by Gasteiger charge is 2.24. The lowest BCUT2D eigenvalue weighted by molar-refractivity contribution is -0.145. The summed E-state index contributed by atoms with van der Waals surface area (Å²) in [5.74, 6) is -0.551. The van der Waals surface area contributed by atoms with Crippen LogP contribution in [-0.2, 0) is 14.3 Å². The molecule has 0 aromatic heterocycles. The van der Waals surface area contributed by atoms with Crippen LogP contribution in [0.4, 0.5) is 10.5 Å². The number of hydrogen-bond acceptors (Lipinski definition) is 4. The Bertz CT molecular complexity index is 544. The summed E-state index contributed by atoms with van der Waals surface area (Å²) in [7, 11) is 1.27. The van der Waals surface area contributed by atoms with Crippen molar-refractivity contribution in [3.05, 3.63) is 29.3 Å². The monoisotopic (exact) mass is 322 g/mol. The zero-order valence-electron chi connectivity index (χ0n) is 14.6. The lowest BCUT2D eigenvalue weighted by atomic mass is 10.1. The van der Waals surface area contributed by atoms with Gasteiger partial charge in [0.2, 0.25) is 0 Å². The van der Waals surface area contributed by atoms with Gasteiger partial charge < -0.3 is 20.1 Å². The Morgan fingerprint density at radius 3 is 2.17 bits per heavy atom. The number of urea groups is 1. The number of hydrogen-bond donors (Lipinski definition) is 2. The molecule has 1 aromatic carbocycles. The maximum absolute atomic E-state index is 12.1. The largest absolute Gasteiger partial charge is 0.467 e. The number of aryl methyl sites for hydroxylation is 2. The SMILES string of the molecule is COC(=O)C(COC(C)(C)C)NC(=O)Nc1cc(C)cc(C)c1. The van der Waals surface area contributed by atoms with Crippen LogP contribution in [0, 0.1) is 13.8 Å². The molecule has 6 heteroatoms. The molecule has 2 amide bonds. The van der Waals surface area contributed by atoms with Crippen LogP contribution in [0.15, 0.2) is 18.2 Å². The van der Waals surface area contributed by atoms with Crippen molar-refractivity contribution in [3.63, 3.8) is 0 Å². The molecule has 1 rings (SSSR count). The zero-order valence-corrected chi connectivity index (χ0v) is 14.6. The highest BCUT2D eigenvalue weighted by molar-refractivity contribution is 5.92. The van der Waals surface area contributed by atoms with Gasteiger partial charge in [-0.2, -0.15) is 0 Å². The number of ether oxygens (including phenoxy) is 2. The molecule has 1 aromatic rings. The van der Waals surface area contributed by atoms with Crippen LogP contribution in [0.1, 0.15) is 31.9 Å². The third-order valence-electron chi connectivity index (χ3n) is 2.95. The summed E-state index contributed by atoms with van der Waals surface area (Å²) in [6.07, 6.45) is 0. The fourth-order valence-corrected chi connectivity index (χ4v) is 2.02. The van der Waals surface area contributed by atoms with Crippen molar-refractivity contribution in [2.24, 2.45) is 0 Å². The molecule has 0 aliphatic carbocycles. The number of carbonyl (C=O) groups is 2. The van der Waals surface area contributed by atoms with Gasteiger partial charge in [0.05, 0.1) is 19.3 Å². The standard InChI is InChI=1S/C17H26N2O4/c1-11-7-12(2)9-13(8-11)18-16(21)19-14(15(20)22-6)10-23-17(3,4)5/h7-9,14H,10H2,1-6H3,(H2,18,19,21). The Morgan fingerprint density at radius 2 is 1.70 bits per heavy atom. The van der Waals surface area contributed by atoms with Crippen LogP contribution in [0.2, 0.25) is 0 Å². The van der Waals surface area contributed by atoms with Gasteiger partial charge >= 0.3 is 12.0 Å². The molecule has 1 unspecified atom stereocenters. The van der Waals surface area contributed by atoms with E-state index in [1.54, 1.807) is 0 Å². The van der Waals surface area contributed by atoms with Crippen LogP contribution in [0.3, 0.4) is 0 Å². The molecule has 0 saturated heterocycles. The molecule has 6 nitrogen and oxygen atoms in total. The van der Waals surface area contributed by atoms with Gasteiger partial charge in [0.25, 0.3) is 0 Å². The maximum atomic E-state index is 12.1. The van der Waals surface area contributed by atoms with Crippen molar-refractivity contribution in [2.45, 2.75) is 46.3 Å². The van der Waals surface area contributed by atoms with E-state index >= 15 is 0 Å². The minimum Gasteiger partial charge on any atom is -0.467 e. The summed E-state index contributed by atoms with van der Waals surface area (Å²) in [6.45, 7) is 9.55. The predicted octanol–water partition coefficient (Wildman–Crippen LogP) is 2.78. The van der Waals surface area contributed by atoms with Crippen LogP contribution >= 0.6 is 0 Å². The van der Waals surface area contributed by atoms with Crippen molar-refractivity contribution >= 4 is 17.7 Å². The quantitative estimate of drug-likeness (QED) is 0.817.